The Kier molecular flexibility index (Phi) is 1.90. The van der Waals surface area contributed by atoms with Gasteiger partial charge in [-0.25, -0.2) is 14.5 Å². The van der Waals surface area contributed by atoms with Crippen LogP contribution in [-0.4, -0.2) is 15.2 Å². The van der Waals surface area contributed by atoms with Crippen LogP contribution >= 0.6 is 12.2 Å². The van der Waals surface area contributed by atoms with Gasteiger partial charge in [0.15, 0.2) is 0 Å². The normalized spacial score (nSPS) is 10.2. The Labute approximate surface area is 77.4 Å². The molecule has 1 N–H and O–H groups in total. The van der Waals surface area contributed by atoms with Crippen molar-refractivity contribution in [3.63, 3.8) is 0 Å². The van der Waals surface area contributed by atoms with Gasteiger partial charge in [-0.2, -0.15) is 0 Å². The molecule has 2 rings (SSSR count). The molecule has 0 bridgehead atoms. The Morgan fingerprint density at radius 1 is 1.46 bits per heavy atom. The summed E-state index contributed by atoms with van der Waals surface area (Å²) < 4.78 is 17.4. The fourth-order valence-corrected chi connectivity index (χ4v) is 0.966. The van der Waals surface area contributed by atoms with E-state index in [4.69, 9.17) is 4.42 Å². The van der Waals surface area contributed by atoms with E-state index in [0.29, 0.717) is 5.69 Å². The summed E-state index contributed by atoms with van der Waals surface area (Å²) in [5, 5.41) is 6.18. The average molecular weight is 197 g/mol. The van der Waals surface area contributed by atoms with Crippen LogP contribution in [0.1, 0.15) is 0 Å². The van der Waals surface area contributed by atoms with Gasteiger partial charge in [-0.05, 0) is 24.4 Å². The number of hydrogen-bond acceptors (Lipinski definition) is 4. The van der Waals surface area contributed by atoms with Gasteiger partial charge in [-0.3, -0.25) is 0 Å². The van der Waals surface area contributed by atoms with Crippen molar-refractivity contribution in [3.8, 4) is 11.6 Å². The first-order valence-corrected chi connectivity index (χ1v) is 3.84. The number of rotatable bonds is 1. The summed E-state index contributed by atoms with van der Waals surface area (Å²) in [5.74, 6) is -0.150. The molecule has 0 unspecified atom stereocenters. The lowest BCUT2D eigenvalue weighted by Crippen LogP contribution is -1.84. The number of hydrogen-bond donors (Lipinski definition) is 1. The van der Waals surface area contributed by atoms with Gasteiger partial charge >= 0.3 is 0 Å². The first-order valence-electron chi connectivity index (χ1n) is 3.43. The predicted octanol–water partition coefficient (Wildman–Crippen LogP) is 1.93. The Bertz CT molecular complexity index is 461. The number of nitrogens with one attached hydrogen (secondary N) is 1. The van der Waals surface area contributed by atoms with Crippen LogP contribution < -0.4 is 0 Å². The lowest BCUT2D eigenvalue weighted by atomic mass is 10.3. The van der Waals surface area contributed by atoms with Crippen molar-refractivity contribution in [2.24, 2.45) is 0 Å². The summed E-state index contributed by atoms with van der Waals surface area (Å²) in [5.41, 5.74) is 0.439. The van der Waals surface area contributed by atoms with Crippen molar-refractivity contribution >= 4 is 12.2 Å². The van der Waals surface area contributed by atoms with Crippen molar-refractivity contribution < 1.29 is 8.81 Å². The highest BCUT2D eigenvalue weighted by atomic mass is 32.1. The summed E-state index contributed by atoms with van der Waals surface area (Å²) in [6.45, 7) is 0. The van der Waals surface area contributed by atoms with Crippen LogP contribution in [0.2, 0.25) is 0 Å². The van der Waals surface area contributed by atoms with Crippen molar-refractivity contribution in [3.05, 3.63) is 29.0 Å². The number of aromatic amines is 1. The fraction of sp³-hybridized carbons (Fsp3) is 0. The van der Waals surface area contributed by atoms with Crippen LogP contribution in [0.4, 0.5) is 4.39 Å². The Morgan fingerprint density at radius 2 is 2.31 bits per heavy atom. The highest BCUT2D eigenvalue weighted by molar-refractivity contribution is 7.71. The lowest BCUT2D eigenvalue weighted by Gasteiger charge is -1.91. The molecule has 0 saturated carbocycles. The van der Waals surface area contributed by atoms with Gasteiger partial charge in [0, 0.05) is 0 Å². The van der Waals surface area contributed by atoms with Crippen LogP contribution in [0.5, 0.6) is 0 Å². The zero-order chi connectivity index (χ0) is 9.26. The van der Waals surface area contributed by atoms with Gasteiger partial charge < -0.3 is 4.42 Å². The summed E-state index contributed by atoms with van der Waals surface area (Å²) >= 11 is 4.67. The SMILES string of the molecule is Fc1ccc(-c2n[nH]c(=S)o2)nc1. The molecule has 13 heavy (non-hydrogen) atoms. The predicted molar refractivity (Wildman–Crippen MR) is 44.9 cm³/mol. The molecule has 0 spiro atoms. The van der Waals surface area contributed by atoms with Crippen LogP contribution in [0.15, 0.2) is 22.7 Å². The first-order chi connectivity index (χ1) is 6.25. The largest absolute Gasteiger partial charge is 0.408 e. The Morgan fingerprint density at radius 3 is 2.85 bits per heavy atom. The highest BCUT2D eigenvalue weighted by Gasteiger charge is 2.04. The molecule has 0 aromatic carbocycles. The zero-order valence-corrected chi connectivity index (χ0v) is 7.14. The topological polar surface area (TPSA) is 54.7 Å². The second-order valence-electron chi connectivity index (χ2n) is 2.28. The first kappa shape index (κ1) is 8.06. The molecule has 0 aliphatic carbocycles. The minimum Gasteiger partial charge on any atom is -0.408 e. The standard InChI is InChI=1S/C7H4FN3OS/c8-4-1-2-5(9-3-4)6-10-11-7(13)12-6/h1-3H,(H,11,13). The monoisotopic (exact) mass is 197 g/mol. The van der Waals surface area contributed by atoms with E-state index in [0.717, 1.165) is 6.20 Å². The Balaban J connectivity index is 2.47. The smallest absolute Gasteiger partial charge is 0.284 e. The summed E-state index contributed by atoms with van der Waals surface area (Å²) in [4.78, 5) is 3.93. The van der Waals surface area contributed by atoms with E-state index in [1.807, 2.05) is 0 Å². The molecule has 0 aliphatic heterocycles. The van der Waals surface area contributed by atoms with E-state index < -0.39 is 5.82 Å². The maximum absolute atomic E-state index is 12.5. The van der Waals surface area contributed by atoms with Crippen molar-refractivity contribution in [1.29, 1.82) is 0 Å². The van der Waals surface area contributed by atoms with Crippen LogP contribution in [0, 0.1) is 10.7 Å². The molecule has 0 aliphatic rings. The summed E-state index contributed by atoms with van der Waals surface area (Å²) in [6.07, 6.45) is 1.09. The average Bonchev–Trinajstić information content (AvgIpc) is 2.53. The molecule has 4 nitrogen and oxygen atoms in total. The molecular formula is C7H4FN3OS. The van der Waals surface area contributed by atoms with Crippen LogP contribution in [-0.2, 0) is 0 Å². The van der Waals surface area contributed by atoms with E-state index in [9.17, 15) is 4.39 Å². The van der Waals surface area contributed by atoms with Crippen molar-refractivity contribution in [2.75, 3.05) is 0 Å². The minimum absolute atomic E-state index is 0.168. The molecule has 2 aromatic heterocycles. The number of pyridine rings is 1. The maximum atomic E-state index is 12.5. The van der Waals surface area contributed by atoms with E-state index >= 15 is 0 Å². The molecule has 0 amide bonds. The summed E-state index contributed by atoms with van der Waals surface area (Å²) in [6, 6.07) is 2.74. The van der Waals surface area contributed by atoms with Crippen molar-refractivity contribution in [1.82, 2.24) is 15.2 Å². The molecule has 6 heteroatoms. The summed E-state index contributed by atoms with van der Waals surface area (Å²) in [7, 11) is 0. The third-order valence-corrected chi connectivity index (χ3v) is 1.56. The van der Waals surface area contributed by atoms with E-state index in [-0.39, 0.29) is 10.7 Å². The number of halogens is 1. The molecule has 0 fully saturated rings. The zero-order valence-electron chi connectivity index (χ0n) is 6.32. The van der Waals surface area contributed by atoms with Gasteiger partial charge in [0.25, 0.3) is 10.7 Å². The molecule has 0 saturated heterocycles. The highest BCUT2D eigenvalue weighted by Crippen LogP contribution is 2.12. The third-order valence-electron chi connectivity index (χ3n) is 1.38. The van der Waals surface area contributed by atoms with Crippen LogP contribution in [0.25, 0.3) is 11.6 Å². The van der Waals surface area contributed by atoms with Gasteiger partial charge in [-0.1, -0.05) is 0 Å². The molecule has 2 heterocycles. The number of nitrogens with zero attached hydrogens (tertiary/aromatic N) is 2. The molecule has 66 valence electrons. The van der Waals surface area contributed by atoms with E-state index in [1.165, 1.54) is 12.1 Å². The van der Waals surface area contributed by atoms with Gasteiger partial charge in [0.05, 0.1) is 6.20 Å². The second-order valence-corrected chi connectivity index (χ2v) is 2.65. The maximum Gasteiger partial charge on any atom is 0.284 e. The van der Waals surface area contributed by atoms with Crippen molar-refractivity contribution in [2.45, 2.75) is 0 Å². The van der Waals surface area contributed by atoms with E-state index in [1.54, 1.807) is 0 Å². The number of H-pyrrole nitrogens is 1. The fourth-order valence-electron chi connectivity index (χ4n) is 0.842. The van der Waals surface area contributed by atoms with Crippen LogP contribution in [0.3, 0.4) is 0 Å². The second kappa shape index (κ2) is 3.06. The van der Waals surface area contributed by atoms with E-state index in [2.05, 4.69) is 27.4 Å². The molecule has 2 aromatic rings. The Hall–Kier alpha value is -1.56. The third kappa shape index (κ3) is 1.62. The molecular weight excluding hydrogens is 193 g/mol. The van der Waals surface area contributed by atoms with Gasteiger partial charge in [-0.15, -0.1) is 5.10 Å². The molecule has 0 radical (unpaired) electrons. The lowest BCUT2D eigenvalue weighted by molar-refractivity contribution is 0.549. The number of aromatic nitrogens is 3. The molecule has 0 atom stereocenters. The van der Waals surface area contributed by atoms with Gasteiger partial charge in [0.1, 0.15) is 11.5 Å². The quantitative estimate of drug-likeness (QED) is 0.710. The van der Waals surface area contributed by atoms with Gasteiger partial charge in [0.2, 0.25) is 0 Å². The minimum atomic E-state index is -0.405.